The van der Waals surface area contributed by atoms with Gasteiger partial charge in [0, 0.05) is 16.2 Å². The van der Waals surface area contributed by atoms with Crippen molar-refractivity contribution in [2.24, 2.45) is 0 Å². The van der Waals surface area contributed by atoms with E-state index in [1.807, 2.05) is 0 Å². The average Bonchev–Trinajstić information content (AvgIpc) is 3.12. The van der Waals surface area contributed by atoms with Crippen LogP contribution in [0.5, 0.6) is 0 Å². The zero-order chi connectivity index (χ0) is 14.0. The van der Waals surface area contributed by atoms with Crippen molar-refractivity contribution in [3.8, 4) is 0 Å². The Balaban J connectivity index is 1.97. The molecule has 2 rings (SSSR count). The Bertz CT molecular complexity index is 515. The van der Waals surface area contributed by atoms with Crippen LogP contribution in [0.3, 0.4) is 0 Å². The van der Waals surface area contributed by atoms with E-state index < -0.39 is 6.04 Å². The second-order valence-electron chi connectivity index (χ2n) is 4.71. The number of benzene rings is 1. The first-order chi connectivity index (χ1) is 8.97. The normalized spacial score (nSPS) is 15.7. The van der Waals surface area contributed by atoms with E-state index in [1.54, 1.807) is 25.1 Å². The molecule has 1 aromatic carbocycles. The molecule has 0 spiro atoms. The zero-order valence-corrected chi connectivity index (χ0v) is 12.2. The molecule has 1 aromatic rings. The third-order valence-electron chi connectivity index (χ3n) is 2.92. The van der Waals surface area contributed by atoms with Crippen LogP contribution in [0, 0.1) is 0 Å². The van der Waals surface area contributed by atoms with E-state index in [2.05, 4.69) is 26.6 Å². The van der Waals surface area contributed by atoms with Crippen molar-refractivity contribution in [1.82, 2.24) is 10.6 Å². The minimum atomic E-state index is -0.573. The summed E-state index contributed by atoms with van der Waals surface area (Å²) in [6.07, 6.45) is 2.04. The number of hydrogen-bond acceptors (Lipinski definition) is 3. The molecule has 0 bridgehead atoms. The lowest BCUT2D eigenvalue weighted by Crippen LogP contribution is -2.45. The molecule has 1 atom stereocenters. The summed E-state index contributed by atoms with van der Waals surface area (Å²) in [5, 5.41) is 5.48. The number of carbonyl (C=O) groups is 2. The second kappa shape index (κ2) is 5.61. The molecule has 0 radical (unpaired) electrons. The molecule has 1 aliphatic carbocycles. The van der Waals surface area contributed by atoms with Gasteiger partial charge in [0.05, 0.1) is 5.56 Å². The topological polar surface area (TPSA) is 84.2 Å². The van der Waals surface area contributed by atoms with Crippen molar-refractivity contribution >= 4 is 33.4 Å². The van der Waals surface area contributed by atoms with E-state index in [-0.39, 0.29) is 17.9 Å². The van der Waals surface area contributed by atoms with Gasteiger partial charge in [0.25, 0.3) is 5.91 Å². The van der Waals surface area contributed by atoms with Gasteiger partial charge in [-0.05, 0) is 38.0 Å². The lowest BCUT2D eigenvalue weighted by Gasteiger charge is -2.14. The van der Waals surface area contributed by atoms with Crippen molar-refractivity contribution in [2.75, 3.05) is 5.73 Å². The number of nitrogens with two attached hydrogens (primary N) is 1. The largest absolute Gasteiger partial charge is 0.398 e. The Morgan fingerprint density at radius 3 is 2.68 bits per heavy atom. The van der Waals surface area contributed by atoms with E-state index in [0.717, 1.165) is 17.3 Å². The molecule has 1 aliphatic rings. The lowest BCUT2D eigenvalue weighted by molar-refractivity contribution is -0.122. The van der Waals surface area contributed by atoms with E-state index >= 15 is 0 Å². The minimum absolute atomic E-state index is 0.161. The first-order valence-corrected chi connectivity index (χ1v) is 6.93. The number of rotatable bonds is 4. The van der Waals surface area contributed by atoms with Crippen LogP contribution < -0.4 is 16.4 Å². The Morgan fingerprint density at radius 1 is 1.42 bits per heavy atom. The summed E-state index contributed by atoms with van der Waals surface area (Å²) in [5.74, 6) is -0.505. The third-order valence-corrected chi connectivity index (χ3v) is 3.42. The molecule has 1 fully saturated rings. The van der Waals surface area contributed by atoms with Crippen LogP contribution in [-0.2, 0) is 4.79 Å². The number of anilines is 1. The van der Waals surface area contributed by atoms with Crippen molar-refractivity contribution < 1.29 is 9.59 Å². The number of halogens is 1. The van der Waals surface area contributed by atoms with Crippen LogP contribution in [-0.4, -0.2) is 23.9 Å². The van der Waals surface area contributed by atoms with E-state index in [9.17, 15) is 9.59 Å². The monoisotopic (exact) mass is 325 g/mol. The number of amides is 2. The highest BCUT2D eigenvalue weighted by Gasteiger charge is 2.26. The van der Waals surface area contributed by atoms with Gasteiger partial charge in [0.1, 0.15) is 6.04 Å². The standard InChI is InChI=1S/C13H16BrN3O2/c1-7(12(18)17-9-3-4-9)16-13(19)10-5-2-8(14)6-11(10)15/h2,5-7,9H,3-4,15H2,1H3,(H,16,19)(H,17,18). The van der Waals surface area contributed by atoms with Gasteiger partial charge in [-0.3, -0.25) is 9.59 Å². The van der Waals surface area contributed by atoms with Crippen LogP contribution in [0.25, 0.3) is 0 Å². The fraction of sp³-hybridized carbons (Fsp3) is 0.385. The van der Waals surface area contributed by atoms with Crippen molar-refractivity contribution in [2.45, 2.75) is 31.8 Å². The van der Waals surface area contributed by atoms with Crippen molar-refractivity contribution in [1.29, 1.82) is 0 Å². The molecule has 4 N–H and O–H groups in total. The van der Waals surface area contributed by atoms with Gasteiger partial charge in [-0.15, -0.1) is 0 Å². The third kappa shape index (κ3) is 3.70. The summed E-state index contributed by atoms with van der Waals surface area (Å²) >= 11 is 3.28. The van der Waals surface area contributed by atoms with Gasteiger partial charge in [-0.25, -0.2) is 0 Å². The van der Waals surface area contributed by atoms with Crippen molar-refractivity contribution in [3.63, 3.8) is 0 Å². The van der Waals surface area contributed by atoms with Gasteiger partial charge in [-0.1, -0.05) is 15.9 Å². The summed E-state index contributed by atoms with van der Waals surface area (Å²) in [6.45, 7) is 1.66. The molecule has 0 saturated heterocycles. The smallest absolute Gasteiger partial charge is 0.254 e. The number of carbonyl (C=O) groups excluding carboxylic acids is 2. The number of nitrogen functional groups attached to an aromatic ring is 1. The predicted octanol–water partition coefficient (Wildman–Crippen LogP) is 1.43. The quantitative estimate of drug-likeness (QED) is 0.732. The number of hydrogen-bond donors (Lipinski definition) is 3. The Labute approximate surface area is 120 Å². The van der Waals surface area contributed by atoms with Gasteiger partial charge < -0.3 is 16.4 Å². The summed E-state index contributed by atoms with van der Waals surface area (Å²) in [6, 6.07) is 4.73. The maximum atomic E-state index is 12.0. The predicted molar refractivity (Wildman–Crippen MR) is 76.6 cm³/mol. The van der Waals surface area contributed by atoms with Crippen LogP contribution in [0.2, 0.25) is 0 Å². The molecule has 0 aliphatic heterocycles. The van der Waals surface area contributed by atoms with E-state index in [1.165, 1.54) is 0 Å². The Hall–Kier alpha value is -1.56. The molecular formula is C13H16BrN3O2. The Kier molecular flexibility index (Phi) is 4.09. The maximum Gasteiger partial charge on any atom is 0.254 e. The molecule has 1 saturated carbocycles. The fourth-order valence-electron chi connectivity index (χ4n) is 1.63. The van der Waals surface area contributed by atoms with Crippen LogP contribution >= 0.6 is 15.9 Å². The molecule has 102 valence electrons. The van der Waals surface area contributed by atoms with E-state index in [4.69, 9.17) is 5.73 Å². The van der Waals surface area contributed by atoms with Gasteiger partial charge in [0.15, 0.2) is 0 Å². The molecular weight excluding hydrogens is 310 g/mol. The highest BCUT2D eigenvalue weighted by molar-refractivity contribution is 9.10. The molecule has 0 aromatic heterocycles. The summed E-state index contributed by atoms with van der Waals surface area (Å²) in [5.41, 5.74) is 6.52. The highest BCUT2D eigenvalue weighted by Crippen LogP contribution is 2.19. The van der Waals surface area contributed by atoms with Crippen LogP contribution in [0.1, 0.15) is 30.1 Å². The van der Waals surface area contributed by atoms with Crippen molar-refractivity contribution in [3.05, 3.63) is 28.2 Å². The van der Waals surface area contributed by atoms with Gasteiger partial charge >= 0.3 is 0 Å². The first-order valence-electron chi connectivity index (χ1n) is 6.13. The SMILES string of the molecule is CC(NC(=O)c1ccc(Br)cc1N)C(=O)NC1CC1. The fourth-order valence-corrected chi connectivity index (χ4v) is 2.01. The molecule has 1 unspecified atom stereocenters. The first kappa shape index (κ1) is 13.9. The Morgan fingerprint density at radius 2 is 2.11 bits per heavy atom. The van der Waals surface area contributed by atoms with Crippen LogP contribution in [0.4, 0.5) is 5.69 Å². The number of nitrogens with one attached hydrogen (secondary N) is 2. The molecule has 0 heterocycles. The van der Waals surface area contributed by atoms with Gasteiger partial charge in [-0.2, -0.15) is 0 Å². The summed E-state index contributed by atoms with van der Waals surface area (Å²) < 4.78 is 0.807. The molecule has 19 heavy (non-hydrogen) atoms. The maximum absolute atomic E-state index is 12.0. The molecule has 2 amide bonds. The second-order valence-corrected chi connectivity index (χ2v) is 5.63. The summed E-state index contributed by atoms with van der Waals surface area (Å²) in [7, 11) is 0. The average molecular weight is 326 g/mol. The highest BCUT2D eigenvalue weighted by atomic mass is 79.9. The molecule has 6 heteroatoms. The molecule has 5 nitrogen and oxygen atoms in total. The van der Waals surface area contributed by atoms with E-state index in [0.29, 0.717) is 11.3 Å². The van der Waals surface area contributed by atoms with Crippen LogP contribution in [0.15, 0.2) is 22.7 Å². The lowest BCUT2D eigenvalue weighted by atomic mass is 10.1. The minimum Gasteiger partial charge on any atom is -0.398 e. The zero-order valence-electron chi connectivity index (χ0n) is 10.6. The summed E-state index contributed by atoms with van der Waals surface area (Å²) in [4.78, 5) is 23.7. The van der Waals surface area contributed by atoms with Gasteiger partial charge in [0.2, 0.25) is 5.91 Å².